The fourth-order valence-electron chi connectivity index (χ4n) is 2.88. The molecule has 0 spiro atoms. The minimum absolute atomic E-state index is 0.670. The molecule has 0 aromatic heterocycles. The second kappa shape index (κ2) is 7.32. The molecular weight excluding hydrogens is 194 g/mol. The summed E-state index contributed by atoms with van der Waals surface area (Å²) in [5.41, 5.74) is 0. The highest BCUT2D eigenvalue weighted by atomic mass is 14.9. The largest absolute Gasteiger partial charge is 0.311 e. The van der Waals surface area contributed by atoms with Crippen molar-refractivity contribution in [1.29, 1.82) is 0 Å². The van der Waals surface area contributed by atoms with E-state index < -0.39 is 0 Å². The van der Waals surface area contributed by atoms with Gasteiger partial charge in [-0.2, -0.15) is 0 Å². The van der Waals surface area contributed by atoms with Gasteiger partial charge in [0, 0.05) is 12.1 Å². The first-order valence-corrected chi connectivity index (χ1v) is 7.41. The van der Waals surface area contributed by atoms with Crippen LogP contribution in [0.1, 0.15) is 72.6 Å². The van der Waals surface area contributed by atoms with Crippen molar-refractivity contribution in [1.82, 2.24) is 5.32 Å². The Hall–Kier alpha value is -0.0400. The maximum Gasteiger partial charge on any atom is 0.00695 e. The van der Waals surface area contributed by atoms with E-state index in [1.165, 1.54) is 44.9 Å². The van der Waals surface area contributed by atoms with E-state index in [4.69, 9.17) is 0 Å². The van der Waals surface area contributed by atoms with Gasteiger partial charge < -0.3 is 5.32 Å². The maximum absolute atomic E-state index is 3.83. The SMILES string of the molecule is CCC(C)C(C)N[C@@H](C)C1CCCCCC1. The van der Waals surface area contributed by atoms with Crippen LogP contribution in [-0.2, 0) is 0 Å². The zero-order valence-electron chi connectivity index (χ0n) is 11.8. The third-order valence-electron chi connectivity index (χ3n) is 4.63. The van der Waals surface area contributed by atoms with Crippen molar-refractivity contribution in [2.24, 2.45) is 11.8 Å². The molecule has 1 heteroatoms. The van der Waals surface area contributed by atoms with Crippen molar-refractivity contribution in [2.45, 2.75) is 84.7 Å². The highest BCUT2D eigenvalue weighted by molar-refractivity contribution is 4.79. The second-order valence-corrected chi connectivity index (χ2v) is 5.88. The van der Waals surface area contributed by atoms with Crippen LogP contribution in [0.15, 0.2) is 0 Å². The molecule has 0 aromatic carbocycles. The van der Waals surface area contributed by atoms with Crippen LogP contribution in [0.3, 0.4) is 0 Å². The van der Waals surface area contributed by atoms with E-state index in [1.54, 1.807) is 0 Å². The molecular formula is C15H31N. The normalized spacial score (nSPS) is 24.8. The zero-order valence-corrected chi connectivity index (χ0v) is 11.8. The lowest BCUT2D eigenvalue weighted by molar-refractivity contribution is 0.278. The standard InChI is InChI=1S/C15H31N/c1-5-12(2)13(3)16-14(4)15-10-8-6-7-9-11-15/h12-16H,5-11H2,1-4H3/t12?,13?,14-/m0/s1. The van der Waals surface area contributed by atoms with Gasteiger partial charge in [-0.15, -0.1) is 0 Å². The lowest BCUT2D eigenvalue weighted by Crippen LogP contribution is -2.42. The van der Waals surface area contributed by atoms with E-state index in [-0.39, 0.29) is 0 Å². The van der Waals surface area contributed by atoms with Gasteiger partial charge in [-0.3, -0.25) is 0 Å². The summed E-state index contributed by atoms with van der Waals surface area (Å²) in [5, 5.41) is 3.83. The van der Waals surface area contributed by atoms with Crippen LogP contribution in [0, 0.1) is 11.8 Å². The predicted molar refractivity (Wildman–Crippen MR) is 72.7 cm³/mol. The quantitative estimate of drug-likeness (QED) is 0.685. The van der Waals surface area contributed by atoms with Crippen LogP contribution in [0.5, 0.6) is 0 Å². The number of hydrogen-bond acceptors (Lipinski definition) is 1. The molecule has 0 bridgehead atoms. The molecule has 3 atom stereocenters. The van der Waals surface area contributed by atoms with E-state index in [0.717, 1.165) is 11.8 Å². The molecule has 1 saturated carbocycles. The summed E-state index contributed by atoms with van der Waals surface area (Å²) in [6.07, 6.45) is 10.0. The molecule has 0 radical (unpaired) electrons. The third-order valence-corrected chi connectivity index (χ3v) is 4.63. The molecule has 2 unspecified atom stereocenters. The molecule has 16 heavy (non-hydrogen) atoms. The lowest BCUT2D eigenvalue weighted by atomic mass is 9.91. The van der Waals surface area contributed by atoms with Crippen molar-refractivity contribution in [3.8, 4) is 0 Å². The topological polar surface area (TPSA) is 12.0 Å². The first-order valence-electron chi connectivity index (χ1n) is 7.41. The Bertz CT molecular complexity index is 170. The Morgan fingerprint density at radius 1 is 1.00 bits per heavy atom. The number of nitrogens with one attached hydrogen (secondary N) is 1. The first-order chi connectivity index (χ1) is 7.65. The molecule has 0 aliphatic heterocycles. The van der Waals surface area contributed by atoms with Crippen LogP contribution in [0.4, 0.5) is 0 Å². The number of hydrogen-bond donors (Lipinski definition) is 1. The van der Waals surface area contributed by atoms with Crippen LogP contribution >= 0.6 is 0 Å². The fraction of sp³-hybridized carbons (Fsp3) is 1.00. The van der Waals surface area contributed by atoms with Gasteiger partial charge in [-0.1, -0.05) is 46.0 Å². The average molecular weight is 225 g/mol. The monoisotopic (exact) mass is 225 g/mol. The van der Waals surface area contributed by atoms with Crippen molar-refractivity contribution >= 4 is 0 Å². The van der Waals surface area contributed by atoms with Gasteiger partial charge in [-0.05, 0) is 38.5 Å². The van der Waals surface area contributed by atoms with Gasteiger partial charge >= 0.3 is 0 Å². The Kier molecular flexibility index (Phi) is 6.41. The van der Waals surface area contributed by atoms with E-state index in [1.807, 2.05) is 0 Å². The highest BCUT2D eigenvalue weighted by Crippen LogP contribution is 2.26. The Balaban J connectivity index is 2.34. The summed E-state index contributed by atoms with van der Waals surface area (Å²) in [7, 11) is 0. The van der Waals surface area contributed by atoms with Crippen LogP contribution in [0.2, 0.25) is 0 Å². The minimum Gasteiger partial charge on any atom is -0.311 e. The number of rotatable bonds is 5. The molecule has 0 aromatic rings. The smallest absolute Gasteiger partial charge is 0.00695 e. The molecule has 1 rings (SSSR count). The van der Waals surface area contributed by atoms with E-state index >= 15 is 0 Å². The van der Waals surface area contributed by atoms with Crippen LogP contribution in [0.25, 0.3) is 0 Å². The van der Waals surface area contributed by atoms with Gasteiger partial charge in [0.05, 0.1) is 0 Å². The summed E-state index contributed by atoms with van der Waals surface area (Å²) in [4.78, 5) is 0. The molecule has 1 aliphatic rings. The fourth-order valence-corrected chi connectivity index (χ4v) is 2.88. The molecule has 0 heterocycles. The van der Waals surface area contributed by atoms with Gasteiger partial charge in [0.25, 0.3) is 0 Å². The third kappa shape index (κ3) is 4.45. The van der Waals surface area contributed by atoms with E-state index in [0.29, 0.717) is 12.1 Å². The molecule has 1 N–H and O–H groups in total. The second-order valence-electron chi connectivity index (χ2n) is 5.88. The summed E-state index contributed by atoms with van der Waals surface area (Å²) in [6.45, 7) is 9.40. The van der Waals surface area contributed by atoms with Crippen LogP contribution in [-0.4, -0.2) is 12.1 Å². The van der Waals surface area contributed by atoms with Crippen LogP contribution < -0.4 is 5.32 Å². The summed E-state index contributed by atoms with van der Waals surface area (Å²) in [5.74, 6) is 1.72. The molecule has 96 valence electrons. The first kappa shape index (κ1) is 14.0. The molecule has 1 nitrogen and oxygen atoms in total. The van der Waals surface area contributed by atoms with Gasteiger partial charge in [0.15, 0.2) is 0 Å². The van der Waals surface area contributed by atoms with Crippen molar-refractivity contribution in [3.63, 3.8) is 0 Å². The van der Waals surface area contributed by atoms with E-state index in [2.05, 4.69) is 33.0 Å². The van der Waals surface area contributed by atoms with E-state index in [9.17, 15) is 0 Å². The molecule has 0 saturated heterocycles. The molecule has 1 aliphatic carbocycles. The van der Waals surface area contributed by atoms with Gasteiger partial charge in [-0.25, -0.2) is 0 Å². The highest BCUT2D eigenvalue weighted by Gasteiger charge is 2.21. The maximum atomic E-state index is 3.83. The lowest BCUT2D eigenvalue weighted by Gasteiger charge is -2.29. The summed E-state index contributed by atoms with van der Waals surface area (Å²) in [6, 6.07) is 1.38. The van der Waals surface area contributed by atoms with Crippen molar-refractivity contribution in [3.05, 3.63) is 0 Å². The minimum atomic E-state index is 0.670. The average Bonchev–Trinajstić information content (AvgIpc) is 2.56. The summed E-state index contributed by atoms with van der Waals surface area (Å²) < 4.78 is 0. The summed E-state index contributed by atoms with van der Waals surface area (Å²) >= 11 is 0. The Morgan fingerprint density at radius 3 is 2.06 bits per heavy atom. The predicted octanol–water partition coefficient (Wildman–Crippen LogP) is 4.37. The Labute approximate surface area is 102 Å². The van der Waals surface area contributed by atoms with Gasteiger partial charge in [0.1, 0.15) is 0 Å². The van der Waals surface area contributed by atoms with Crippen molar-refractivity contribution < 1.29 is 0 Å². The molecule has 1 fully saturated rings. The van der Waals surface area contributed by atoms with Gasteiger partial charge in [0.2, 0.25) is 0 Å². The zero-order chi connectivity index (χ0) is 12.0. The van der Waals surface area contributed by atoms with Crippen molar-refractivity contribution in [2.75, 3.05) is 0 Å². The Morgan fingerprint density at radius 2 is 1.56 bits per heavy atom. The molecule has 0 amide bonds.